The third-order valence-electron chi connectivity index (χ3n) is 4.79. The fourth-order valence-electron chi connectivity index (χ4n) is 3.47. The molecule has 1 aromatic carbocycles. The Morgan fingerprint density at radius 2 is 1.87 bits per heavy atom. The Bertz CT molecular complexity index is 1120. The molecule has 2 heterocycles. The van der Waals surface area contributed by atoms with Gasteiger partial charge in [0.2, 0.25) is 15.9 Å². The van der Waals surface area contributed by atoms with Crippen LogP contribution in [0, 0.1) is 19.7 Å². The maximum atomic E-state index is 13.4. The van der Waals surface area contributed by atoms with Crippen LogP contribution in [0.15, 0.2) is 39.8 Å². The minimum absolute atomic E-state index is 0.248. The number of aryl methyl sites for hydroxylation is 1. The van der Waals surface area contributed by atoms with E-state index in [4.69, 9.17) is 4.42 Å². The summed E-state index contributed by atoms with van der Waals surface area (Å²) in [5.74, 6) is -0.0692. The Hall–Kier alpha value is -2.52. The van der Waals surface area contributed by atoms with E-state index >= 15 is 0 Å². The zero-order valence-corrected chi connectivity index (χ0v) is 18.5. The van der Waals surface area contributed by atoms with Crippen molar-refractivity contribution in [2.45, 2.75) is 52.0 Å². The second-order valence-electron chi connectivity index (χ2n) is 7.22. The van der Waals surface area contributed by atoms with Crippen molar-refractivity contribution in [1.29, 1.82) is 0 Å². The molecule has 3 aromatic rings. The van der Waals surface area contributed by atoms with E-state index in [0.717, 1.165) is 12.8 Å². The van der Waals surface area contributed by atoms with Gasteiger partial charge in [0.25, 0.3) is 0 Å². The van der Waals surface area contributed by atoms with E-state index in [2.05, 4.69) is 10.1 Å². The molecular weight excluding hydrogens is 407 g/mol. The van der Waals surface area contributed by atoms with Crippen molar-refractivity contribution in [1.82, 2.24) is 19.1 Å². The maximum absolute atomic E-state index is 13.4. The van der Waals surface area contributed by atoms with Crippen LogP contribution in [0.3, 0.4) is 0 Å². The van der Waals surface area contributed by atoms with Gasteiger partial charge in [0.05, 0.1) is 17.9 Å². The summed E-state index contributed by atoms with van der Waals surface area (Å²) in [5.41, 5.74) is 2.12. The SMILES string of the molecule is CCCN(CCC)S(=O)(=O)c1c(C)nn(Cc2coc(-c3cccc(F)c3)n2)c1C. The Kier molecular flexibility index (Phi) is 6.72. The lowest BCUT2D eigenvalue weighted by Crippen LogP contribution is -2.33. The van der Waals surface area contributed by atoms with Crippen molar-refractivity contribution in [3.05, 3.63) is 53.4 Å². The molecule has 0 N–H and O–H groups in total. The summed E-state index contributed by atoms with van der Waals surface area (Å²) in [6.07, 6.45) is 2.96. The van der Waals surface area contributed by atoms with E-state index in [-0.39, 0.29) is 17.3 Å². The zero-order chi connectivity index (χ0) is 21.9. The second-order valence-corrected chi connectivity index (χ2v) is 9.09. The van der Waals surface area contributed by atoms with Crippen molar-refractivity contribution >= 4 is 10.0 Å². The molecule has 0 aliphatic carbocycles. The topological polar surface area (TPSA) is 81.2 Å². The number of rotatable bonds is 9. The summed E-state index contributed by atoms with van der Waals surface area (Å²) in [4.78, 5) is 4.65. The number of sulfonamides is 1. The number of hydrogen-bond acceptors (Lipinski definition) is 5. The molecule has 30 heavy (non-hydrogen) atoms. The van der Waals surface area contributed by atoms with Gasteiger partial charge in [-0.3, -0.25) is 4.68 Å². The van der Waals surface area contributed by atoms with Crippen LogP contribution in [0.5, 0.6) is 0 Å². The molecule has 2 aromatic heterocycles. The summed E-state index contributed by atoms with van der Waals surface area (Å²) in [5, 5.41) is 4.44. The highest BCUT2D eigenvalue weighted by molar-refractivity contribution is 7.89. The van der Waals surface area contributed by atoms with E-state index in [9.17, 15) is 12.8 Å². The van der Waals surface area contributed by atoms with E-state index in [1.54, 1.807) is 30.7 Å². The highest BCUT2D eigenvalue weighted by Gasteiger charge is 2.30. The number of nitrogens with zero attached hydrogens (tertiary/aromatic N) is 4. The molecular formula is C21H27FN4O3S. The van der Waals surface area contributed by atoms with Crippen molar-refractivity contribution in [3.63, 3.8) is 0 Å². The van der Waals surface area contributed by atoms with Crippen LogP contribution in [0.1, 0.15) is 43.8 Å². The number of hydrogen-bond donors (Lipinski definition) is 0. The van der Waals surface area contributed by atoms with Crippen LogP contribution in [-0.2, 0) is 16.6 Å². The van der Waals surface area contributed by atoms with E-state index < -0.39 is 10.0 Å². The van der Waals surface area contributed by atoms with Gasteiger partial charge in [0, 0.05) is 18.7 Å². The molecule has 0 fully saturated rings. The molecule has 0 spiro atoms. The number of halogens is 1. The van der Waals surface area contributed by atoms with Crippen molar-refractivity contribution in [2.75, 3.05) is 13.1 Å². The lowest BCUT2D eigenvalue weighted by atomic mass is 10.2. The first-order valence-corrected chi connectivity index (χ1v) is 11.5. The Labute approximate surface area is 176 Å². The third kappa shape index (κ3) is 4.46. The van der Waals surface area contributed by atoms with Crippen molar-refractivity contribution < 1.29 is 17.2 Å². The third-order valence-corrected chi connectivity index (χ3v) is 6.95. The van der Waals surface area contributed by atoms with Gasteiger partial charge in [0.15, 0.2) is 0 Å². The fourth-order valence-corrected chi connectivity index (χ4v) is 5.47. The highest BCUT2D eigenvalue weighted by atomic mass is 32.2. The van der Waals surface area contributed by atoms with Gasteiger partial charge in [0.1, 0.15) is 22.7 Å². The maximum Gasteiger partial charge on any atom is 0.246 e. The molecule has 3 rings (SSSR count). The van der Waals surface area contributed by atoms with Gasteiger partial charge < -0.3 is 4.42 Å². The molecule has 0 aliphatic heterocycles. The van der Waals surface area contributed by atoms with Gasteiger partial charge in [-0.1, -0.05) is 19.9 Å². The summed E-state index contributed by atoms with van der Waals surface area (Å²) in [6, 6.07) is 6.00. The predicted octanol–water partition coefficient (Wildman–Crippen LogP) is 4.15. The molecule has 0 bridgehead atoms. The zero-order valence-electron chi connectivity index (χ0n) is 17.7. The van der Waals surface area contributed by atoms with Gasteiger partial charge in [-0.15, -0.1) is 0 Å². The quantitative estimate of drug-likeness (QED) is 0.505. The highest BCUT2D eigenvalue weighted by Crippen LogP contribution is 2.25. The molecule has 0 aliphatic rings. The average Bonchev–Trinajstić information content (AvgIpc) is 3.26. The van der Waals surface area contributed by atoms with E-state index in [1.807, 2.05) is 13.8 Å². The molecule has 0 unspecified atom stereocenters. The molecule has 0 atom stereocenters. The fraction of sp³-hybridized carbons (Fsp3) is 0.429. The number of oxazole rings is 1. The molecule has 7 nitrogen and oxygen atoms in total. The Morgan fingerprint density at radius 1 is 1.17 bits per heavy atom. The standard InChI is InChI=1S/C21H27FN4O3S/c1-5-10-25(11-6-2)30(27,28)20-15(3)24-26(16(20)4)13-19-14-29-21(23-19)17-8-7-9-18(22)12-17/h7-9,12,14H,5-6,10-11,13H2,1-4H3. The first-order valence-electron chi connectivity index (χ1n) is 10.0. The van der Waals surface area contributed by atoms with E-state index in [0.29, 0.717) is 41.6 Å². The van der Waals surface area contributed by atoms with Gasteiger partial charge in [-0.05, 0) is 44.9 Å². The first kappa shape index (κ1) is 22.2. The van der Waals surface area contributed by atoms with Gasteiger partial charge >= 0.3 is 0 Å². The normalized spacial score (nSPS) is 12.1. The van der Waals surface area contributed by atoms with Gasteiger partial charge in [-0.2, -0.15) is 9.40 Å². The van der Waals surface area contributed by atoms with Crippen LogP contribution in [0.25, 0.3) is 11.5 Å². The lowest BCUT2D eigenvalue weighted by Gasteiger charge is -2.21. The summed E-state index contributed by atoms with van der Waals surface area (Å²) < 4.78 is 48.6. The molecule has 0 amide bonds. The van der Waals surface area contributed by atoms with Crippen LogP contribution in [0.4, 0.5) is 4.39 Å². The van der Waals surface area contributed by atoms with Crippen molar-refractivity contribution in [3.8, 4) is 11.5 Å². The van der Waals surface area contributed by atoms with Crippen LogP contribution >= 0.6 is 0 Å². The summed E-state index contributed by atoms with van der Waals surface area (Å²) in [7, 11) is -3.64. The number of aromatic nitrogens is 3. The van der Waals surface area contributed by atoms with Crippen LogP contribution < -0.4 is 0 Å². The largest absolute Gasteiger partial charge is 0.444 e. The predicted molar refractivity (Wildman–Crippen MR) is 112 cm³/mol. The molecule has 0 saturated carbocycles. The van der Waals surface area contributed by atoms with Gasteiger partial charge in [-0.25, -0.2) is 17.8 Å². The van der Waals surface area contributed by atoms with Crippen molar-refractivity contribution in [2.24, 2.45) is 0 Å². The second kappa shape index (κ2) is 9.09. The molecule has 9 heteroatoms. The summed E-state index contributed by atoms with van der Waals surface area (Å²) in [6.45, 7) is 8.57. The van der Waals surface area contributed by atoms with Crippen LogP contribution in [0.2, 0.25) is 0 Å². The monoisotopic (exact) mass is 434 g/mol. The Balaban J connectivity index is 1.89. The van der Waals surface area contributed by atoms with E-state index in [1.165, 1.54) is 22.7 Å². The molecule has 0 saturated heterocycles. The Morgan fingerprint density at radius 3 is 2.50 bits per heavy atom. The first-order chi connectivity index (χ1) is 14.3. The number of benzene rings is 1. The molecule has 0 radical (unpaired) electrons. The minimum atomic E-state index is -3.64. The lowest BCUT2D eigenvalue weighted by molar-refractivity contribution is 0.409. The summed E-state index contributed by atoms with van der Waals surface area (Å²) >= 11 is 0. The van der Waals surface area contributed by atoms with Crippen LogP contribution in [-0.4, -0.2) is 40.6 Å². The average molecular weight is 435 g/mol. The minimum Gasteiger partial charge on any atom is -0.444 e. The smallest absolute Gasteiger partial charge is 0.246 e. The molecule has 162 valence electrons.